The van der Waals surface area contributed by atoms with Crippen LogP contribution in [0.25, 0.3) is 0 Å². The van der Waals surface area contributed by atoms with Gasteiger partial charge in [-0.1, -0.05) is 30.1 Å². The van der Waals surface area contributed by atoms with E-state index in [9.17, 15) is 9.59 Å². The van der Waals surface area contributed by atoms with Crippen LogP contribution in [0, 0.1) is 5.92 Å². The van der Waals surface area contributed by atoms with Gasteiger partial charge in [0, 0.05) is 48.3 Å². The number of amides is 2. The van der Waals surface area contributed by atoms with Crippen molar-refractivity contribution < 1.29 is 14.3 Å². The van der Waals surface area contributed by atoms with Crippen LogP contribution in [0.2, 0.25) is 10.0 Å². The number of hydrogen-bond acceptors (Lipinski definition) is 6. The Morgan fingerprint density at radius 1 is 1.28 bits per heavy atom. The molecule has 8 nitrogen and oxygen atoms in total. The fraction of sp³-hybridized carbons (Fsp3) is 0.500. The average molecular weight is 556 g/mol. The molecule has 0 spiro atoms. The fourth-order valence-electron chi connectivity index (χ4n) is 2.58. The van der Waals surface area contributed by atoms with Crippen LogP contribution in [-0.2, 0) is 14.3 Å². The van der Waals surface area contributed by atoms with Gasteiger partial charge in [0.15, 0.2) is 0 Å². The summed E-state index contributed by atoms with van der Waals surface area (Å²) in [5, 5.41) is 12.8. The van der Waals surface area contributed by atoms with E-state index in [4.69, 9.17) is 27.9 Å². The third kappa shape index (κ3) is 8.25. The van der Waals surface area contributed by atoms with E-state index in [0.717, 1.165) is 5.69 Å². The zero-order valence-electron chi connectivity index (χ0n) is 16.0. The number of rotatable bonds is 10. The standard InChI is InChI=1S/C18H24Cl2IN5O3/c1-12-10-26(13-4-5-14(19)15(20)9-13)25-18(12)24-16(27)3-2-6-22-17(28)11-29-8-7-23-21/h4-5,9,12,23H,2-3,6-8,10-11H2,1H3,(H,22,28)(H,24,25,27). The maximum absolute atomic E-state index is 12.2. The van der Waals surface area contributed by atoms with E-state index >= 15 is 0 Å². The van der Waals surface area contributed by atoms with Gasteiger partial charge in [0.25, 0.3) is 0 Å². The van der Waals surface area contributed by atoms with Gasteiger partial charge in [-0.25, -0.2) is 0 Å². The minimum absolute atomic E-state index is 0.0172. The van der Waals surface area contributed by atoms with Crippen molar-refractivity contribution in [2.75, 3.05) is 37.9 Å². The zero-order chi connectivity index (χ0) is 21.2. The van der Waals surface area contributed by atoms with E-state index in [1.165, 1.54) is 0 Å². The van der Waals surface area contributed by atoms with Crippen molar-refractivity contribution in [3.05, 3.63) is 28.2 Å². The summed E-state index contributed by atoms with van der Waals surface area (Å²) >= 11 is 14.0. The van der Waals surface area contributed by atoms with E-state index in [1.54, 1.807) is 17.1 Å². The lowest BCUT2D eigenvalue weighted by atomic mass is 10.1. The largest absolute Gasteiger partial charge is 0.370 e. The maximum atomic E-state index is 12.2. The van der Waals surface area contributed by atoms with E-state index in [2.05, 4.69) is 19.3 Å². The van der Waals surface area contributed by atoms with E-state index < -0.39 is 0 Å². The zero-order valence-corrected chi connectivity index (χ0v) is 19.7. The van der Waals surface area contributed by atoms with Gasteiger partial charge in [-0.2, -0.15) is 5.10 Å². The molecule has 0 fully saturated rings. The van der Waals surface area contributed by atoms with Crippen molar-refractivity contribution >= 4 is 69.4 Å². The summed E-state index contributed by atoms with van der Waals surface area (Å²) in [6, 6.07) is 5.30. The molecule has 0 bridgehead atoms. The number of hydrazone groups is 1. The molecule has 1 atom stereocenters. The molecule has 2 amide bonds. The summed E-state index contributed by atoms with van der Waals surface area (Å²) in [7, 11) is 0. The van der Waals surface area contributed by atoms with Crippen molar-refractivity contribution in [2.45, 2.75) is 19.8 Å². The minimum Gasteiger partial charge on any atom is -0.370 e. The molecule has 1 aliphatic heterocycles. The van der Waals surface area contributed by atoms with Crippen molar-refractivity contribution in [3.8, 4) is 0 Å². The molecule has 1 aromatic carbocycles. The molecule has 1 unspecified atom stereocenters. The third-order valence-electron chi connectivity index (χ3n) is 4.09. The van der Waals surface area contributed by atoms with Crippen LogP contribution in [-0.4, -0.2) is 50.5 Å². The van der Waals surface area contributed by atoms with Crippen molar-refractivity contribution in [1.29, 1.82) is 0 Å². The second-order valence-corrected chi connectivity index (χ2v) is 8.08. The maximum Gasteiger partial charge on any atom is 0.245 e. The van der Waals surface area contributed by atoms with Crippen molar-refractivity contribution in [3.63, 3.8) is 0 Å². The molecule has 11 heteroatoms. The Kier molecular flexibility index (Phi) is 10.4. The molecule has 29 heavy (non-hydrogen) atoms. The third-order valence-corrected chi connectivity index (χ3v) is 5.37. The second kappa shape index (κ2) is 12.5. The van der Waals surface area contributed by atoms with Crippen LogP contribution < -0.4 is 19.2 Å². The number of halogens is 3. The molecule has 1 aliphatic rings. The number of nitrogens with one attached hydrogen (secondary N) is 3. The molecule has 0 radical (unpaired) electrons. The molecule has 0 saturated heterocycles. The molecule has 1 aromatic rings. The van der Waals surface area contributed by atoms with E-state index in [0.29, 0.717) is 55.0 Å². The highest BCUT2D eigenvalue weighted by molar-refractivity contribution is 14.1. The molecule has 0 saturated carbocycles. The van der Waals surface area contributed by atoms with Gasteiger partial charge in [-0.3, -0.25) is 18.1 Å². The van der Waals surface area contributed by atoms with Gasteiger partial charge >= 0.3 is 0 Å². The second-order valence-electron chi connectivity index (χ2n) is 6.50. The van der Waals surface area contributed by atoms with Gasteiger partial charge in [0.2, 0.25) is 11.8 Å². The number of benzene rings is 1. The lowest BCUT2D eigenvalue weighted by molar-refractivity contribution is -0.126. The summed E-state index contributed by atoms with van der Waals surface area (Å²) < 4.78 is 8.08. The van der Waals surface area contributed by atoms with Gasteiger partial charge in [-0.15, -0.1) is 0 Å². The van der Waals surface area contributed by atoms with Crippen LogP contribution >= 0.6 is 46.1 Å². The smallest absolute Gasteiger partial charge is 0.245 e. The highest BCUT2D eigenvalue weighted by Crippen LogP contribution is 2.29. The first-order chi connectivity index (χ1) is 13.9. The first-order valence-electron chi connectivity index (χ1n) is 9.19. The molecule has 3 N–H and O–H groups in total. The first-order valence-corrected chi connectivity index (χ1v) is 11.0. The topological polar surface area (TPSA) is 95.1 Å². The number of anilines is 1. The Labute approximate surface area is 194 Å². The number of nitrogens with zero attached hydrogens (tertiary/aromatic N) is 2. The molecular formula is C18H24Cl2IN5O3. The first kappa shape index (κ1) is 24.1. The Hall–Kier alpha value is -1.14. The number of amidine groups is 1. The molecule has 0 aromatic heterocycles. The van der Waals surface area contributed by atoms with Gasteiger partial charge in [-0.05, 0) is 24.6 Å². The van der Waals surface area contributed by atoms with Gasteiger partial charge < -0.3 is 15.4 Å². The van der Waals surface area contributed by atoms with Crippen LogP contribution in [0.4, 0.5) is 5.69 Å². The predicted octanol–water partition coefficient (Wildman–Crippen LogP) is 2.73. The normalized spacial score (nSPS) is 15.9. The molecule has 160 valence electrons. The van der Waals surface area contributed by atoms with Crippen LogP contribution in [0.3, 0.4) is 0 Å². The van der Waals surface area contributed by atoms with Crippen LogP contribution in [0.5, 0.6) is 0 Å². The quantitative estimate of drug-likeness (QED) is 0.234. The Morgan fingerprint density at radius 3 is 2.79 bits per heavy atom. The van der Waals surface area contributed by atoms with Gasteiger partial charge in [0.05, 0.1) is 28.9 Å². The Bertz CT molecular complexity index is 750. The summed E-state index contributed by atoms with van der Waals surface area (Å²) in [6.45, 7) is 4.21. The minimum atomic E-state index is -0.190. The number of carbonyl (C=O) groups is 2. The monoisotopic (exact) mass is 555 g/mol. The van der Waals surface area contributed by atoms with Crippen molar-refractivity contribution in [1.82, 2.24) is 14.2 Å². The summed E-state index contributed by atoms with van der Waals surface area (Å²) in [6.07, 6.45) is 0.823. The van der Waals surface area contributed by atoms with Crippen LogP contribution in [0.1, 0.15) is 19.8 Å². The van der Waals surface area contributed by atoms with E-state index in [-0.39, 0.29) is 24.3 Å². The average Bonchev–Trinajstić information content (AvgIpc) is 3.05. The summed E-state index contributed by atoms with van der Waals surface area (Å²) in [5.74, 6) is 0.361. The molecule has 1 heterocycles. The fourth-order valence-corrected chi connectivity index (χ4v) is 3.09. The molecule has 0 aliphatic carbocycles. The lowest BCUT2D eigenvalue weighted by Crippen LogP contribution is -2.34. The molecular weight excluding hydrogens is 532 g/mol. The predicted molar refractivity (Wildman–Crippen MR) is 124 cm³/mol. The van der Waals surface area contributed by atoms with E-state index in [1.807, 2.05) is 35.9 Å². The lowest BCUT2D eigenvalue weighted by Gasteiger charge is -2.14. The number of carbonyl (C=O) groups excluding carboxylic acids is 2. The van der Waals surface area contributed by atoms with Gasteiger partial charge in [0.1, 0.15) is 12.4 Å². The van der Waals surface area contributed by atoms with Crippen LogP contribution in [0.15, 0.2) is 23.3 Å². The highest BCUT2D eigenvalue weighted by Gasteiger charge is 2.25. The Morgan fingerprint density at radius 2 is 2.07 bits per heavy atom. The molecule has 2 rings (SSSR count). The highest BCUT2D eigenvalue weighted by atomic mass is 127. The number of ether oxygens (including phenoxy) is 1. The number of hydrogen-bond donors (Lipinski definition) is 3. The Balaban J connectivity index is 1.71. The van der Waals surface area contributed by atoms with Crippen molar-refractivity contribution in [2.24, 2.45) is 11.0 Å². The SMILES string of the molecule is CC1CN(c2ccc(Cl)c(Cl)c2)N=C1NC(=O)CCCNC(=O)COCCNI. The summed E-state index contributed by atoms with van der Waals surface area (Å²) in [5.41, 5.74) is 0.815. The summed E-state index contributed by atoms with van der Waals surface area (Å²) in [4.78, 5) is 23.8.